The number of benzene rings is 2. The second-order valence-corrected chi connectivity index (χ2v) is 9.75. The summed E-state index contributed by atoms with van der Waals surface area (Å²) in [5.74, 6) is -0.816. The number of anilines is 2. The normalized spacial score (nSPS) is 22.4. The van der Waals surface area contributed by atoms with Gasteiger partial charge in [-0.05, 0) is 35.7 Å². The van der Waals surface area contributed by atoms with Gasteiger partial charge in [0.2, 0.25) is 5.91 Å². The number of hydrogen-bond acceptors (Lipinski definition) is 5. The largest absolute Gasteiger partial charge is 0.366 e. The Morgan fingerprint density at radius 3 is 2.56 bits per heavy atom. The summed E-state index contributed by atoms with van der Waals surface area (Å²) >= 11 is 7.43. The predicted octanol–water partition coefficient (Wildman–Crippen LogP) is 3.59. The van der Waals surface area contributed by atoms with E-state index in [9.17, 15) is 18.8 Å². The number of piperazine rings is 1. The Morgan fingerprint density at radius 2 is 1.82 bits per heavy atom. The van der Waals surface area contributed by atoms with Crippen LogP contribution in [0, 0.1) is 5.82 Å². The lowest BCUT2D eigenvalue weighted by Gasteiger charge is -2.42. The standard InChI is InChI=1S/C24H22ClFN4O3S/c25-16-4-3-5-17(14-16)30-23(32)22-20(8-13-34-22)29(24(30)33)15-21(31)28-11-9-27(10-12-28)19-7-2-1-6-18(19)26/h1-8,13-14,20,22H,9-12,15H2. The summed E-state index contributed by atoms with van der Waals surface area (Å²) in [5, 5.41) is 1.70. The van der Waals surface area contributed by atoms with Gasteiger partial charge in [0.15, 0.2) is 0 Å². The molecule has 2 aromatic rings. The van der Waals surface area contributed by atoms with Crippen LogP contribution in [0.3, 0.4) is 0 Å². The maximum absolute atomic E-state index is 14.1. The van der Waals surface area contributed by atoms with E-state index < -0.39 is 17.3 Å². The predicted molar refractivity (Wildman–Crippen MR) is 131 cm³/mol. The van der Waals surface area contributed by atoms with Crippen LogP contribution in [0.25, 0.3) is 0 Å². The molecular weight excluding hydrogens is 479 g/mol. The highest BCUT2D eigenvalue weighted by atomic mass is 35.5. The summed E-state index contributed by atoms with van der Waals surface area (Å²) in [5.41, 5.74) is 0.900. The van der Waals surface area contributed by atoms with E-state index in [4.69, 9.17) is 11.6 Å². The van der Waals surface area contributed by atoms with Crippen molar-refractivity contribution < 1.29 is 18.8 Å². The second kappa shape index (κ2) is 9.31. The van der Waals surface area contributed by atoms with Gasteiger partial charge in [-0.1, -0.05) is 35.9 Å². The maximum atomic E-state index is 14.1. The van der Waals surface area contributed by atoms with Crippen LogP contribution in [-0.4, -0.2) is 71.7 Å². The van der Waals surface area contributed by atoms with Crippen molar-refractivity contribution in [2.24, 2.45) is 0 Å². The van der Waals surface area contributed by atoms with Crippen LogP contribution in [-0.2, 0) is 9.59 Å². The number of amides is 4. The molecule has 10 heteroatoms. The molecule has 3 heterocycles. The van der Waals surface area contributed by atoms with Crippen molar-refractivity contribution >= 4 is 52.6 Å². The first kappa shape index (κ1) is 22.7. The van der Waals surface area contributed by atoms with E-state index >= 15 is 0 Å². The fourth-order valence-corrected chi connectivity index (χ4v) is 5.74. The Morgan fingerprint density at radius 1 is 1.06 bits per heavy atom. The number of urea groups is 1. The van der Waals surface area contributed by atoms with Crippen LogP contribution in [0.2, 0.25) is 5.02 Å². The lowest BCUT2D eigenvalue weighted by molar-refractivity contribution is -0.133. The molecule has 2 saturated heterocycles. The van der Waals surface area contributed by atoms with Crippen molar-refractivity contribution in [3.8, 4) is 0 Å². The number of halogens is 2. The molecule has 0 spiro atoms. The highest BCUT2D eigenvalue weighted by molar-refractivity contribution is 8.03. The van der Waals surface area contributed by atoms with E-state index in [1.807, 2.05) is 4.90 Å². The fourth-order valence-electron chi connectivity index (χ4n) is 4.52. The van der Waals surface area contributed by atoms with Crippen molar-refractivity contribution in [3.05, 3.63) is 70.9 Å². The average molecular weight is 501 g/mol. The van der Waals surface area contributed by atoms with Gasteiger partial charge in [0, 0.05) is 31.2 Å². The minimum absolute atomic E-state index is 0.144. The van der Waals surface area contributed by atoms with E-state index in [1.54, 1.807) is 58.8 Å². The third-order valence-electron chi connectivity index (χ3n) is 6.27. The van der Waals surface area contributed by atoms with Gasteiger partial charge in [-0.25, -0.2) is 14.1 Å². The molecule has 7 nitrogen and oxygen atoms in total. The zero-order valence-corrected chi connectivity index (χ0v) is 19.7. The molecule has 0 bridgehead atoms. The molecule has 3 aliphatic rings. The minimum atomic E-state index is -0.543. The smallest absolute Gasteiger partial charge is 0.332 e. The first-order valence-electron chi connectivity index (χ1n) is 10.9. The number of hydrogen-bond donors (Lipinski definition) is 0. The van der Waals surface area contributed by atoms with Crippen molar-refractivity contribution in [1.29, 1.82) is 0 Å². The fraction of sp³-hybridized carbons (Fsp3) is 0.292. The Hall–Kier alpha value is -3.04. The number of carbonyl (C=O) groups is 3. The molecule has 0 N–H and O–H groups in total. The van der Waals surface area contributed by atoms with Gasteiger partial charge in [-0.2, -0.15) is 0 Å². The first-order chi connectivity index (χ1) is 16.4. The molecule has 0 aromatic heterocycles. The summed E-state index contributed by atoms with van der Waals surface area (Å²) in [6.45, 7) is 1.69. The van der Waals surface area contributed by atoms with Crippen LogP contribution in [0.15, 0.2) is 60.0 Å². The van der Waals surface area contributed by atoms with Crippen molar-refractivity contribution in [3.63, 3.8) is 0 Å². The van der Waals surface area contributed by atoms with E-state index in [1.165, 1.54) is 22.7 Å². The summed E-state index contributed by atoms with van der Waals surface area (Å²) in [4.78, 5) is 45.8. The summed E-state index contributed by atoms with van der Waals surface area (Å²) in [7, 11) is 0. The number of fused-ring (bicyclic) bond motifs is 1. The molecule has 2 unspecified atom stereocenters. The molecule has 3 aliphatic heterocycles. The number of carbonyl (C=O) groups excluding carboxylic acids is 3. The van der Waals surface area contributed by atoms with Gasteiger partial charge in [0.25, 0.3) is 5.91 Å². The van der Waals surface area contributed by atoms with Gasteiger partial charge >= 0.3 is 6.03 Å². The Labute approximate surface area is 205 Å². The minimum Gasteiger partial charge on any atom is -0.366 e. The highest BCUT2D eigenvalue weighted by Gasteiger charge is 2.48. The Kier molecular flexibility index (Phi) is 6.22. The number of para-hydroxylation sites is 1. The number of rotatable bonds is 4. The summed E-state index contributed by atoms with van der Waals surface area (Å²) < 4.78 is 14.1. The highest BCUT2D eigenvalue weighted by Crippen LogP contribution is 2.36. The third-order valence-corrected chi connectivity index (χ3v) is 7.59. The van der Waals surface area contributed by atoms with Gasteiger partial charge in [-0.3, -0.25) is 9.59 Å². The lowest BCUT2D eigenvalue weighted by atomic mass is 10.1. The molecule has 2 atom stereocenters. The zero-order chi connectivity index (χ0) is 23.8. The first-order valence-corrected chi connectivity index (χ1v) is 12.3. The molecule has 4 amide bonds. The van der Waals surface area contributed by atoms with Gasteiger partial charge in [0.05, 0.1) is 17.4 Å². The molecular formula is C24H22ClFN4O3S. The van der Waals surface area contributed by atoms with Crippen LogP contribution in [0.1, 0.15) is 0 Å². The second-order valence-electron chi connectivity index (χ2n) is 8.26. The SMILES string of the molecule is O=C(CN1C(=O)N(c2cccc(Cl)c2)C(=O)C2SC=CC21)N1CCN(c2ccccc2F)CC1. The monoisotopic (exact) mass is 500 g/mol. The van der Waals surface area contributed by atoms with Crippen molar-refractivity contribution in [2.75, 3.05) is 42.5 Å². The maximum Gasteiger partial charge on any atom is 0.332 e. The van der Waals surface area contributed by atoms with Gasteiger partial charge in [0.1, 0.15) is 17.6 Å². The van der Waals surface area contributed by atoms with E-state index in [2.05, 4.69) is 0 Å². The van der Waals surface area contributed by atoms with Crippen LogP contribution >= 0.6 is 23.4 Å². The average Bonchev–Trinajstić information content (AvgIpc) is 3.33. The number of nitrogens with zero attached hydrogens (tertiary/aromatic N) is 4. The van der Waals surface area contributed by atoms with Crippen molar-refractivity contribution in [1.82, 2.24) is 9.80 Å². The number of thioether (sulfide) groups is 1. The molecule has 2 fully saturated rings. The Balaban J connectivity index is 1.30. The molecule has 176 valence electrons. The molecule has 34 heavy (non-hydrogen) atoms. The summed E-state index contributed by atoms with van der Waals surface area (Å²) in [6.07, 6.45) is 1.80. The quantitative estimate of drug-likeness (QED) is 0.642. The van der Waals surface area contributed by atoms with Crippen LogP contribution in [0.5, 0.6) is 0 Å². The van der Waals surface area contributed by atoms with Crippen molar-refractivity contribution in [2.45, 2.75) is 11.3 Å². The molecule has 5 rings (SSSR count). The van der Waals surface area contributed by atoms with Crippen LogP contribution in [0.4, 0.5) is 20.6 Å². The zero-order valence-electron chi connectivity index (χ0n) is 18.1. The summed E-state index contributed by atoms with van der Waals surface area (Å²) in [6, 6.07) is 12.1. The lowest BCUT2D eigenvalue weighted by Crippen LogP contribution is -2.64. The molecule has 0 radical (unpaired) electrons. The van der Waals surface area contributed by atoms with E-state index in [0.29, 0.717) is 42.6 Å². The molecule has 0 aliphatic carbocycles. The molecule has 0 saturated carbocycles. The topological polar surface area (TPSA) is 64.2 Å². The van der Waals surface area contributed by atoms with E-state index in [0.717, 1.165) is 4.90 Å². The van der Waals surface area contributed by atoms with Gasteiger partial charge < -0.3 is 14.7 Å². The molecule has 2 aromatic carbocycles. The third kappa shape index (κ3) is 4.14. The Bertz CT molecular complexity index is 1170. The van der Waals surface area contributed by atoms with Gasteiger partial charge in [-0.15, -0.1) is 11.8 Å². The number of imide groups is 1. The van der Waals surface area contributed by atoms with Crippen LogP contribution < -0.4 is 9.80 Å². The van der Waals surface area contributed by atoms with E-state index in [-0.39, 0.29) is 24.2 Å².